The molecule has 0 N–H and O–H groups in total. The Bertz CT molecular complexity index is 359. The highest BCUT2D eigenvalue weighted by Gasteiger charge is 2.40. The third kappa shape index (κ3) is 2.26. The second-order valence-corrected chi connectivity index (χ2v) is 7.88. The highest BCUT2D eigenvalue weighted by Crippen LogP contribution is 2.27. The monoisotopic (exact) mass is 246 g/mol. The number of nitrogens with zero attached hydrogens (tertiary/aromatic N) is 2. The molecule has 2 aliphatic rings. The second kappa shape index (κ2) is 3.96. The average molecular weight is 246 g/mol. The molecule has 0 bridgehead atoms. The van der Waals surface area contributed by atoms with E-state index >= 15 is 0 Å². The van der Waals surface area contributed by atoms with Gasteiger partial charge in [0.15, 0.2) is 0 Å². The summed E-state index contributed by atoms with van der Waals surface area (Å²) >= 11 is 0. The molecule has 16 heavy (non-hydrogen) atoms. The standard InChI is InChI=1S/C11H22N2O2S/c1-11(2,3)12-6-7-13-10(9-12)5-4-8-16(13,14)15/h10H,4-9H2,1-3H3/t10-/m1/s1. The van der Waals surface area contributed by atoms with E-state index in [1.165, 1.54) is 0 Å². The third-order valence-electron chi connectivity index (χ3n) is 3.67. The summed E-state index contributed by atoms with van der Waals surface area (Å²) in [4.78, 5) is 2.40. The minimum Gasteiger partial charge on any atom is -0.296 e. The Morgan fingerprint density at radius 2 is 1.88 bits per heavy atom. The predicted octanol–water partition coefficient (Wildman–Crippen LogP) is 0.895. The molecule has 0 spiro atoms. The maximum atomic E-state index is 11.9. The van der Waals surface area contributed by atoms with Crippen LogP contribution in [0.4, 0.5) is 0 Å². The lowest BCUT2D eigenvalue weighted by atomic mass is 10.0. The van der Waals surface area contributed by atoms with Crippen molar-refractivity contribution in [3.63, 3.8) is 0 Å². The van der Waals surface area contributed by atoms with Crippen molar-refractivity contribution in [2.75, 3.05) is 25.4 Å². The van der Waals surface area contributed by atoms with Gasteiger partial charge in [-0.25, -0.2) is 8.42 Å². The summed E-state index contributed by atoms with van der Waals surface area (Å²) in [6, 6.07) is 0.215. The van der Waals surface area contributed by atoms with Gasteiger partial charge >= 0.3 is 0 Å². The van der Waals surface area contributed by atoms with Crippen LogP contribution >= 0.6 is 0 Å². The van der Waals surface area contributed by atoms with Gasteiger partial charge in [0.2, 0.25) is 10.0 Å². The third-order valence-corrected chi connectivity index (χ3v) is 5.67. The molecular weight excluding hydrogens is 224 g/mol. The molecule has 0 amide bonds. The zero-order chi connectivity index (χ0) is 12.0. The molecule has 2 fully saturated rings. The van der Waals surface area contributed by atoms with Gasteiger partial charge in [0.25, 0.3) is 0 Å². The molecule has 2 aliphatic heterocycles. The van der Waals surface area contributed by atoms with Gasteiger partial charge in [0.05, 0.1) is 5.75 Å². The molecule has 0 aromatic carbocycles. The number of fused-ring (bicyclic) bond motifs is 1. The summed E-state index contributed by atoms with van der Waals surface area (Å²) in [7, 11) is -2.95. The minimum atomic E-state index is -2.95. The lowest BCUT2D eigenvalue weighted by Gasteiger charge is -2.47. The zero-order valence-electron chi connectivity index (χ0n) is 10.4. The fraction of sp³-hybridized carbons (Fsp3) is 1.00. The van der Waals surface area contributed by atoms with Crippen LogP contribution in [0.3, 0.4) is 0 Å². The summed E-state index contributed by atoms with van der Waals surface area (Å²) < 4.78 is 25.5. The van der Waals surface area contributed by atoms with E-state index in [0.717, 1.165) is 25.9 Å². The molecule has 1 atom stereocenters. The van der Waals surface area contributed by atoms with Crippen LogP contribution < -0.4 is 0 Å². The molecule has 5 heteroatoms. The summed E-state index contributed by atoms with van der Waals surface area (Å²) in [6.45, 7) is 9.01. The minimum absolute atomic E-state index is 0.146. The van der Waals surface area contributed by atoms with Crippen molar-refractivity contribution in [2.24, 2.45) is 0 Å². The van der Waals surface area contributed by atoms with Gasteiger partial charge in [-0.2, -0.15) is 4.31 Å². The number of hydrogen-bond acceptors (Lipinski definition) is 3. The smallest absolute Gasteiger partial charge is 0.214 e. The Kier molecular flexibility index (Phi) is 3.05. The average Bonchev–Trinajstić information content (AvgIpc) is 2.15. The van der Waals surface area contributed by atoms with E-state index in [-0.39, 0.29) is 11.6 Å². The number of hydrogen-bond donors (Lipinski definition) is 0. The van der Waals surface area contributed by atoms with Crippen LogP contribution in [-0.2, 0) is 10.0 Å². The van der Waals surface area contributed by atoms with Crippen LogP contribution in [-0.4, -0.2) is 54.6 Å². The molecule has 0 aliphatic carbocycles. The van der Waals surface area contributed by atoms with E-state index < -0.39 is 10.0 Å². The van der Waals surface area contributed by atoms with E-state index in [0.29, 0.717) is 12.3 Å². The molecule has 2 heterocycles. The Balaban J connectivity index is 2.12. The van der Waals surface area contributed by atoms with Gasteiger partial charge in [0, 0.05) is 31.2 Å². The molecular formula is C11H22N2O2S. The SMILES string of the molecule is CC(C)(C)N1CCN2[C@H](CCCS2(=O)=O)C1. The molecule has 0 radical (unpaired) electrons. The van der Waals surface area contributed by atoms with Crippen molar-refractivity contribution in [1.82, 2.24) is 9.21 Å². The second-order valence-electron chi connectivity index (χ2n) is 5.84. The fourth-order valence-electron chi connectivity index (χ4n) is 2.67. The van der Waals surface area contributed by atoms with Crippen LogP contribution in [0.15, 0.2) is 0 Å². The van der Waals surface area contributed by atoms with Crippen molar-refractivity contribution >= 4 is 10.0 Å². The normalized spacial score (nSPS) is 32.3. The lowest BCUT2D eigenvalue weighted by molar-refractivity contribution is 0.0531. The van der Waals surface area contributed by atoms with E-state index in [1.807, 2.05) is 0 Å². The van der Waals surface area contributed by atoms with Gasteiger partial charge < -0.3 is 0 Å². The van der Waals surface area contributed by atoms with E-state index in [1.54, 1.807) is 4.31 Å². The maximum Gasteiger partial charge on any atom is 0.214 e. The first-order valence-electron chi connectivity index (χ1n) is 6.05. The van der Waals surface area contributed by atoms with E-state index in [4.69, 9.17) is 0 Å². The van der Waals surface area contributed by atoms with Gasteiger partial charge in [0.1, 0.15) is 0 Å². The fourth-order valence-corrected chi connectivity index (χ4v) is 4.42. The lowest BCUT2D eigenvalue weighted by Crippen LogP contribution is -2.61. The van der Waals surface area contributed by atoms with Crippen LogP contribution in [0.2, 0.25) is 0 Å². The van der Waals surface area contributed by atoms with E-state index in [2.05, 4.69) is 25.7 Å². The van der Waals surface area contributed by atoms with Gasteiger partial charge in [-0.15, -0.1) is 0 Å². The van der Waals surface area contributed by atoms with Gasteiger partial charge in [-0.1, -0.05) is 0 Å². The number of rotatable bonds is 0. The first-order chi connectivity index (χ1) is 7.31. The molecule has 0 saturated carbocycles. The highest BCUT2D eigenvalue weighted by atomic mass is 32.2. The maximum absolute atomic E-state index is 11.9. The molecule has 0 aromatic rings. The first-order valence-corrected chi connectivity index (χ1v) is 7.66. The first kappa shape index (κ1) is 12.3. The van der Waals surface area contributed by atoms with Crippen LogP contribution in [0.1, 0.15) is 33.6 Å². The number of piperazine rings is 1. The van der Waals surface area contributed by atoms with Crippen molar-refractivity contribution in [2.45, 2.75) is 45.2 Å². The van der Waals surface area contributed by atoms with Gasteiger partial charge in [-0.3, -0.25) is 4.90 Å². The van der Waals surface area contributed by atoms with Gasteiger partial charge in [-0.05, 0) is 33.6 Å². The topological polar surface area (TPSA) is 40.6 Å². The molecule has 2 saturated heterocycles. The summed E-state index contributed by atoms with van der Waals surface area (Å²) in [5.41, 5.74) is 0.146. The van der Waals surface area contributed by atoms with Crippen LogP contribution in [0.25, 0.3) is 0 Å². The van der Waals surface area contributed by atoms with E-state index in [9.17, 15) is 8.42 Å². The highest BCUT2D eigenvalue weighted by molar-refractivity contribution is 7.89. The molecule has 0 aromatic heterocycles. The Morgan fingerprint density at radius 1 is 1.19 bits per heavy atom. The Hall–Kier alpha value is -0.130. The van der Waals surface area contributed by atoms with Crippen LogP contribution in [0.5, 0.6) is 0 Å². The summed E-state index contributed by atoms with van der Waals surface area (Å²) in [5, 5.41) is 0. The Labute approximate surface area is 98.7 Å². The zero-order valence-corrected chi connectivity index (χ0v) is 11.3. The van der Waals surface area contributed by atoms with Crippen molar-refractivity contribution in [1.29, 1.82) is 0 Å². The Morgan fingerprint density at radius 3 is 2.50 bits per heavy atom. The quantitative estimate of drug-likeness (QED) is 0.637. The van der Waals surface area contributed by atoms with Crippen molar-refractivity contribution in [3.8, 4) is 0 Å². The van der Waals surface area contributed by atoms with Crippen molar-refractivity contribution < 1.29 is 8.42 Å². The molecule has 94 valence electrons. The van der Waals surface area contributed by atoms with Crippen molar-refractivity contribution in [3.05, 3.63) is 0 Å². The summed E-state index contributed by atoms with van der Waals surface area (Å²) in [6.07, 6.45) is 1.84. The molecule has 4 nitrogen and oxygen atoms in total. The largest absolute Gasteiger partial charge is 0.296 e. The predicted molar refractivity (Wildman–Crippen MR) is 64.8 cm³/mol. The molecule has 2 rings (SSSR count). The number of sulfonamides is 1. The molecule has 0 unspecified atom stereocenters. The van der Waals surface area contributed by atoms with Crippen LogP contribution in [0, 0.1) is 0 Å². The summed E-state index contributed by atoms with van der Waals surface area (Å²) in [5.74, 6) is 0.346.